The van der Waals surface area contributed by atoms with E-state index in [-0.39, 0.29) is 0 Å². The summed E-state index contributed by atoms with van der Waals surface area (Å²) in [6.45, 7) is -0.792. The molecule has 5 atom stereocenters. The molecule has 0 aliphatic carbocycles. The van der Waals surface area contributed by atoms with Crippen molar-refractivity contribution in [2.75, 3.05) is 6.61 Å². The Morgan fingerprint density at radius 2 is 1.60 bits per heavy atom. The molecular formula is C7H11F3O5. The average molecular weight is 232 g/mol. The third kappa shape index (κ3) is 2.40. The largest absolute Gasteiger partial charge is 0.399 e. The van der Waals surface area contributed by atoms with Crippen LogP contribution >= 0.6 is 0 Å². The van der Waals surface area contributed by atoms with Gasteiger partial charge in [0.25, 0.3) is 0 Å². The van der Waals surface area contributed by atoms with E-state index in [1.807, 2.05) is 0 Å². The van der Waals surface area contributed by atoms with E-state index in [2.05, 4.69) is 4.74 Å². The minimum atomic E-state index is -4.89. The molecule has 0 radical (unpaired) electrons. The molecule has 1 rings (SSSR count). The van der Waals surface area contributed by atoms with E-state index >= 15 is 0 Å². The Bertz CT molecular complexity index is 221. The molecule has 0 bridgehead atoms. The summed E-state index contributed by atoms with van der Waals surface area (Å²) in [7, 11) is 0. The van der Waals surface area contributed by atoms with Gasteiger partial charge in [0.05, 0.1) is 12.7 Å². The minimum absolute atomic E-state index is 0.792. The highest BCUT2D eigenvalue weighted by Crippen LogP contribution is 2.37. The van der Waals surface area contributed by atoms with Crippen LogP contribution in [-0.4, -0.2) is 57.8 Å². The van der Waals surface area contributed by atoms with E-state index in [9.17, 15) is 13.2 Å². The van der Waals surface area contributed by atoms with Crippen LogP contribution in [0.1, 0.15) is 0 Å². The molecule has 90 valence electrons. The molecule has 1 aliphatic rings. The Morgan fingerprint density at radius 3 is 2.00 bits per heavy atom. The highest BCUT2D eigenvalue weighted by molar-refractivity contribution is 4.91. The molecule has 3 unspecified atom stereocenters. The number of alkyl halides is 3. The monoisotopic (exact) mass is 232 g/mol. The van der Waals surface area contributed by atoms with Crippen LogP contribution in [0.25, 0.3) is 0 Å². The summed E-state index contributed by atoms with van der Waals surface area (Å²) in [6, 6.07) is 0. The molecule has 0 saturated carbocycles. The van der Waals surface area contributed by atoms with Crippen molar-refractivity contribution in [1.82, 2.24) is 0 Å². The molecular weight excluding hydrogens is 221 g/mol. The molecule has 0 aromatic rings. The lowest BCUT2D eigenvalue weighted by Crippen LogP contribution is -2.59. The second kappa shape index (κ2) is 4.22. The van der Waals surface area contributed by atoms with Gasteiger partial charge in [-0.2, -0.15) is 13.2 Å². The van der Waals surface area contributed by atoms with Gasteiger partial charge in [-0.3, -0.25) is 0 Å². The van der Waals surface area contributed by atoms with E-state index < -0.39 is 43.3 Å². The molecule has 1 heterocycles. The fraction of sp³-hybridized carbons (Fsp3) is 1.00. The van der Waals surface area contributed by atoms with Crippen LogP contribution in [0.2, 0.25) is 0 Å². The summed E-state index contributed by atoms with van der Waals surface area (Å²) in [5.74, 6) is -2.57. The van der Waals surface area contributed by atoms with Gasteiger partial charge in [-0.05, 0) is 0 Å². The van der Waals surface area contributed by atoms with Gasteiger partial charge in [-0.1, -0.05) is 0 Å². The molecule has 0 spiro atoms. The van der Waals surface area contributed by atoms with Crippen molar-refractivity contribution in [3.63, 3.8) is 0 Å². The minimum Gasteiger partial charge on any atom is -0.394 e. The van der Waals surface area contributed by atoms with Gasteiger partial charge < -0.3 is 25.2 Å². The Labute approximate surface area is 82.7 Å². The lowest BCUT2D eigenvalue weighted by molar-refractivity contribution is -0.334. The van der Waals surface area contributed by atoms with E-state index in [1.165, 1.54) is 0 Å². The Balaban J connectivity index is 2.84. The molecule has 1 aliphatic heterocycles. The summed E-state index contributed by atoms with van der Waals surface area (Å²) in [6.07, 6.45) is -12.7. The van der Waals surface area contributed by atoms with Crippen molar-refractivity contribution >= 4 is 0 Å². The predicted octanol–water partition coefficient (Wildman–Crippen LogP) is -1.40. The molecule has 0 amide bonds. The van der Waals surface area contributed by atoms with Crippen LogP contribution in [0.3, 0.4) is 0 Å². The van der Waals surface area contributed by atoms with Crippen LogP contribution in [0.5, 0.6) is 0 Å². The molecule has 0 aromatic carbocycles. The fourth-order valence-electron chi connectivity index (χ4n) is 1.45. The molecule has 1 fully saturated rings. The van der Waals surface area contributed by atoms with Crippen molar-refractivity contribution in [2.45, 2.75) is 30.8 Å². The third-order valence-corrected chi connectivity index (χ3v) is 2.28. The molecule has 5 nitrogen and oxygen atoms in total. The topological polar surface area (TPSA) is 90.2 Å². The number of hydrogen-bond donors (Lipinski definition) is 4. The zero-order chi connectivity index (χ0) is 11.8. The SMILES string of the molecule is OC[C@H]1OC(O)C(C(F)(F)F)C(O)[C@@H]1O. The van der Waals surface area contributed by atoms with Gasteiger partial charge in [0.1, 0.15) is 18.1 Å². The predicted molar refractivity (Wildman–Crippen MR) is 39.5 cm³/mol. The highest BCUT2D eigenvalue weighted by atomic mass is 19.4. The van der Waals surface area contributed by atoms with E-state index in [0.29, 0.717) is 0 Å². The fourth-order valence-corrected chi connectivity index (χ4v) is 1.45. The van der Waals surface area contributed by atoms with Gasteiger partial charge in [-0.25, -0.2) is 0 Å². The molecule has 1 saturated heterocycles. The standard InChI is InChI=1S/C7H11F3O5/c8-7(9,10)3-5(13)4(12)2(1-11)15-6(3)14/h2-6,11-14H,1H2/t2-,3?,4-,5?,6?/m1/s1. The van der Waals surface area contributed by atoms with Crippen LogP contribution in [-0.2, 0) is 4.74 Å². The van der Waals surface area contributed by atoms with E-state index in [4.69, 9.17) is 20.4 Å². The van der Waals surface area contributed by atoms with Crippen LogP contribution in [0.15, 0.2) is 0 Å². The summed E-state index contributed by atoms with van der Waals surface area (Å²) < 4.78 is 41.2. The van der Waals surface area contributed by atoms with Crippen LogP contribution in [0.4, 0.5) is 13.2 Å². The highest BCUT2D eigenvalue weighted by Gasteiger charge is 2.56. The van der Waals surface area contributed by atoms with E-state index in [0.717, 1.165) is 0 Å². The Hall–Kier alpha value is -0.410. The molecule has 15 heavy (non-hydrogen) atoms. The number of hydrogen-bond acceptors (Lipinski definition) is 5. The average Bonchev–Trinajstić information content (AvgIpc) is 2.09. The smallest absolute Gasteiger partial charge is 0.394 e. The number of aliphatic hydroxyl groups excluding tert-OH is 4. The normalized spacial score (nSPS) is 43.0. The van der Waals surface area contributed by atoms with Crippen LogP contribution < -0.4 is 0 Å². The molecule has 4 N–H and O–H groups in total. The number of halogens is 3. The first kappa shape index (κ1) is 12.7. The van der Waals surface area contributed by atoms with Gasteiger partial charge in [-0.15, -0.1) is 0 Å². The van der Waals surface area contributed by atoms with Crippen molar-refractivity contribution in [2.24, 2.45) is 5.92 Å². The zero-order valence-corrected chi connectivity index (χ0v) is 7.42. The third-order valence-electron chi connectivity index (χ3n) is 2.28. The number of ether oxygens (including phenoxy) is 1. The maximum Gasteiger partial charge on any atom is 0.399 e. The maximum atomic E-state index is 12.3. The summed E-state index contributed by atoms with van der Waals surface area (Å²) >= 11 is 0. The number of rotatable bonds is 1. The second-order valence-corrected chi connectivity index (χ2v) is 3.30. The number of aliphatic hydroxyl groups is 4. The lowest BCUT2D eigenvalue weighted by Gasteiger charge is -2.40. The van der Waals surface area contributed by atoms with Crippen molar-refractivity contribution in [3.05, 3.63) is 0 Å². The Morgan fingerprint density at radius 1 is 1.07 bits per heavy atom. The van der Waals surface area contributed by atoms with Crippen molar-refractivity contribution < 1.29 is 38.3 Å². The zero-order valence-electron chi connectivity index (χ0n) is 7.42. The maximum absolute atomic E-state index is 12.3. The van der Waals surface area contributed by atoms with E-state index in [1.54, 1.807) is 0 Å². The van der Waals surface area contributed by atoms with Crippen LogP contribution in [0, 0.1) is 5.92 Å². The quantitative estimate of drug-likeness (QED) is 0.446. The first-order valence-electron chi connectivity index (χ1n) is 4.16. The summed E-state index contributed by atoms with van der Waals surface area (Å²) in [5, 5.41) is 35.8. The second-order valence-electron chi connectivity index (χ2n) is 3.30. The van der Waals surface area contributed by atoms with Gasteiger partial charge in [0.15, 0.2) is 6.29 Å². The first-order chi connectivity index (χ1) is 6.79. The van der Waals surface area contributed by atoms with Gasteiger partial charge in [0.2, 0.25) is 0 Å². The molecule has 8 heteroatoms. The van der Waals surface area contributed by atoms with Gasteiger partial charge in [0, 0.05) is 0 Å². The summed E-state index contributed by atoms with van der Waals surface area (Å²) in [4.78, 5) is 0. The van der Waals surface area contributed by atoms with Crippen molar-refractivity contribution in [3.8, 4) is 0 Å². The van der Waals surface area contributed by atoms with Gasteiger partial charge >= 0.3 is 6.18 Å². The lowest BCUT2D eigenvalue weighted by atomic mass is 9.90. The Kier molecular flexibility index (Phi) is 3.56. The van der Waals surface area contributed by atoms with Crippen molar-refractivity contribution in [1.29, 1.82) is 0 Å². The molecule has 0 aromatic heterocycles. The summed E-state index contributed by atoms with van der Waals surface area (Å²) in [5.41, 5.74) is 0. The first-order valence-corrected chi connectivity index (χ1v) is 4.16.